The molecular formula is C35H37F6IN2O7. The highest BCUT2D eigenvalue weighted by Gasteiger charge is 2.31. The number of rotatable bonds is 12. The summed E-state index contributed by atoms with van der Waals surface area (Å²) in [5, 5.41) is 9.16. The van der Waals surface area contributed by atoms with Crippen LogP contribution in [0.1, 0.15) is 71.7 Å². The number of carbonyl (C=O) groups is 1. The molecule has 4 atom stereocenters. The molecular weight excluding hydrogens is 801 g/mol. The molecule has 2 unspecified atom stereocenters. The molecule has 0 radical (unpaired) electrons. The quantitative estimate of drug-likeness (QED) is 0.0846. The van der Waals surface area contributed by atoms with E-state index in [9.17, 15) is 31.1 Å². The van der Waals surface area contributed by atoms with Gasteiger partial charge in [-0.2, -0.15) is 26.3 Å². The topological polar surface area (TPSA) is 117 Å². The maximum Gasteiger partial charge on any atom is 0.416 e. The Labute approximate surface area is 303 Å². The van der Waals surface area contributed by atoms with Crippen LogP contribution in [0.5, 0.6) is 0 Å². The van der Waals surface area contributed by atoms with E-state index < -0.39 is 35.6 Å². The number of benzene rings is 2. The summed E-state index contributed by atoms with van der Waals surface area (Å²) in [5.41, 5.74) is 0.918. The Kier molecular flexibility index (Phi) is 14.1. The van der Waals surface area contributed by atoms with Gasteiger partial charge in [0.1, 0.15) is 17.7 Å². The zero-order chi connectivity index (χ0) is 37.3. The third-order valence-electron chi connectivity index (χ3n) is 7.90. The van der Waals surface area contributed by atoms with Gasteiger partial charge in [-0.1, -0.05) is 22.6 Å². The Hall–Kier alpha value is -3.48. The van der Waals surface area contributed by atoms with E-state index >= 15 is 0 Å². The van der Waals surface area contributed by atoms with E-state index in [4.69, 9.17) is 28.2 Å². The number of hydrogen-bond acceptors (Lipinski definition) is 8. The fraction of sp³-hybridized carbons (Fsp3) is 0.457. The van der Waals surface area contributed by atoms with Crippen molar-refractivity contribution < 1.29 is 59.3 Å². The highest BCUT2D eigenvalue weighted by Crippen LogP contribution is 2.33. The van der Waals surface area contributed by atoms with Crippen molar-refractivity contribution in [3.05, 3.63) is 83.1 Å². The summed E-state index contributed by atoms with van der Waals surface area (Å²) in [6, 6.07) is 9.40. The van der Waals surface area contributed by atoms with Crippen molar-refractivity contribution in [1.82, 2.24) is 9.97 Å². The third-order valence-corrected chi connectivity index (χ3v) is 8.54. The van der Waals surface area contributed by atoms with Crippen LogP contribution in [0.3, 0.4) is 0 Å². The number of nitrogens with zero attached hydrogens (tertiary/aromatic N) is 2. The molecule has 0 amide bonds. The monoisotopic (exact) mass is 838 g/mol. The standard InChI is InChI=1S/C23H28F3NO6.C12H9F3INO/c1-3-30-20(22(28)29)13-32-18-6-4-5-17(11-18)31-12-19-14(2)33-21(27-19)15-7-9-16(10-8-15)23(24,25)26;1-7(16)10-6-18-11(17-10)8-2-4-9(5-3-8)12(13,14)15/h7-10,17-18,20H,3-6,11-13H2,1-2H3,(H,28,29);2-7H,1H3/t17-,18+,20?;/m0./s1. The van der Waals surface area contributed by atoms with Crippen LogP contribution in [0.15, 0.2) is 63.6 Å². The molecule has 16 heteroatoms. The van der Waals surface area contributed by atoms with E-state index in [2.05, 4.69) is 32.6 Å². The number of carboxylic acid groups (broad SMARTS) is 1. The second-order valence-corrected chi connectivity index (χ2v) is 13.6. The van der Waals surface area contributed by atoms with Crippen LogP contribution >= 0.6 is 22.6 Å². The Morgan fingerprint density at radius 1 is 0.922 bits per heavy atom. The van der Waals surface area contributed by atoms with Crippen molar-refractivity contribution in [2.75, 3.05) is 13.2 Å². The summed E-state index contributed by atoms with van der Waals surface area (Å²) in [7, 11) is 0. The van der Waals surface area contributed by atoms with E-state index in [1.54, 1.807) is 13.8 Å². The van der Waals surface area contributed by atoms with Gasteiger partial charge in [-0.3, -0.25) is 0 Å². The first-order valence-electron chi connectivity index (χ1n) is 16.0. The smallest absolute Gasteiger partial charge is 0.416 e. The van der Waals surface area contributed by atoms with Crippen LogP contribution in [0, 0.1) is 6.92 Å². The van der Waals surface area contributed by atoms with Crippen molar-refractivity contribution in [2.45, 2.75) is 87.7 Å². The molecule has 278 valence electrons. The zero-order valence-corrected chi connectivity index (χ0v) is 30.0. The molecule has 1 aliphatic carbocycles. The second kappa shape index (κ2) is 17.8. The lowest BCUT2D eigenvalue weighted by Gasteiger charge is -2.29. The van der Waals surface area contributed by atoms with Gasteiger partial charge in [0.2, 0.25) is 11.8 Å². The third kappa shape index (κ3) is 11.8. The lowest BCUT2D eigenvalue weighted by Crippen LogP contribution is -2.34. The molecule has 0 saturated heterocycles. The first kappa shape index (κ1) is 40.3. The molecule has 1 aliphatic rings. The van der Waals surface area contributed by atoms with Crippen molar-refractivity contribution in [1.29, 1.82) is 0 Å². The molecule has 5 rings (SSSR count). The Balaban J connectivity index is 0.000000272. The number of oxazole rings is 2. The van der Waals surface area contributed by atoms with Gasteiger partial charge in [0.15, 0.2) is 6.10 Å². The molecule has 0 aliphatic heterocycles. The van der Waals surface area contributed by atoms with Crippen LogP contribution in [-0.4, -0.2) is 52.6 Å². The Morgan fingerprint density at radius 3 is 1.96 bits per heavy atom. The number of ether oxygens (including phenoxy) is 3. The summed E-state index contributed by atoms with van der Waals surface area (Å²) in [4.78, 5) is 19.8. The summed E-state index contributed by atoms with van der Waals surface area (Å²) in [5.74, 6) is 0.0582. The SMILES string of the molecule is CC(I)c1coc(-c2ccc(C(F)(F)F)cc2)n1.CCOC(CO[C@@H]1CCC[C@H](OCc2nc(-c3ccc(C(F)(F)F)cc3)oc2C)C1)C(=O)O. The van der Waals surface area contributed by atoms with Crippen molar-refractivity contribution in [2.24, 2.45) is 0 Å². The molecule has 0 bridgehead atoms. The first-order chi connectivity index (χ1) is 24.0. The number of aliphatic carboxylic acids is 1. The number of halogens is 7. The van der Waals surface area contributed by atoms with Gasteiger partial charge in [-0.15, -0.1) is 0 Å². The first-order valence-corrected chi connectivity index (χ1v) is 17.3. The Bertz CT molecular complexity index is 1690. The average Bonchev–Trinajstić information content (AvgIpc) is 3.73. The van der Waals surface area contributed by atoms with Crippen LogP contribution in [0.4, 0.5) is 26.3 Å². The van der Waals surface area contributed by atoms with E-state index in [-0.39, 0.29) is 35.2 Å². The lowest BCUT2D eigenvalue weighted by atomic mass is 9.95. The predicted molar refractivity (Wildman–Crippen MR) is 181 cm³/mol. The minimum absolute atomic E-state index is 0.0144. The fourth-order valence-electron chi connectivity index (χ4n) is 5.11. The fourth-order valence-corrected chi connectivity index (χ4v) is 5.39. The molecule has 2 aromatic carbocycles. The normalized spacial score (nSPS) is 17.8. The van der Waals surface area contributed by atoms with E-state index in [1.807, 2.05) is 6.92 Å². The molecule has 1 N–H and O–H groups in total. The zero-order valence-electron chi connectivity index (χ0n) is 27.9. The van der Waals surface area contributed by atoms with Gasteiger partial charge in [0, 0.05) is 17.7 Å². The number of hydrogen-bond donors (Lipinski definition) is 1. The molecule has 0 spiro atoms. The van der Waals surface area contributed by atoms with Crippen LogP contribution < -0.4 is 0 Å². The molecule has 51 heavy (non-hydrogen) atoms. The minimum Gasteiger partial charge on any atom is -0.479 e. The van der Waals surface area contributed by atoms with Crippen LogP contribution in [0.2, 0.25) is 0 Å². The lowest BCUT2D eigenvalue weighted by molar-refractivity contribution is -0.157. The minimum atomic E-state index is -4.40. The van der Waals surface area contributed by atoms with Gasteiger partial charge >= 0.3 is 18.3 Å². The highest BCUT2D eigenvalue weighted by molar-refractivity contribution is 14.1. The molecule has 9 nitrogen and oxygen atoms in total. The molecule has 2 aromatic heterocycles. The summed E-state index contributed by atoms with van der Waals surface area (Å²) >= 11 is 2.19. The second-order valence-electron chi connectivity index (χ2n) is 11.7. The van der Waals surface area contributed by atoms with E-state index in [0.29, 0.717) is 41.5 Å². The van der Waals surface area contributed by atoms with Gasteiger partial charge in [-0.25, -0.2) is 14.8 Å². The number of aryl methyl sites for hydroxylation is 1. The van der Waals surface area contributed by atoms with Crippen LogP contribution in [-0.2, 0) is 38.0 Å². The number of aromatic nitrogens is 2. The molecule has 4 aromatic rings. The maximum atomic E-state index is 12.8. The predicted octanol–water partition coefficient (Wildman–Crippen LogP) is 9.86. The van der Waals surface area contributed by atoms with Crippen molar-refractivity contribution in [3.8, 4) is 22.9 Å². The van der Waals surface area contributed by atoms with Crippen LogP contribution in [0.25, 0.3) is 22.9 Å². The highest BCUT2D eigenvalue weighted by atomic mass is 127. The number of carboxylic acids is 1. The van der Waals surface area contributed by atoms with Gasteiger partial charge < -0.3 is 28.2 Å². The average molecular weight is 839 g/mol. The molecule has 1 saturated carbocycles. The summed E-state index contributed by atoms with van der Waals surface area (Å²) < 4.78 is 103. The van der Waals surface area contributed by atoms with Crippen molar-refractivity contribution >= 4 is 28.6 Å². The van der Waals surface area contributed by atoms with Gasteiger partial charge in [0.05, 0.1) is 46.2 Å². The largest absolute Gasteiger partial charge is 0.479 e. The van der Waals surface area contributed by atoms with Gasteiger partial charge in [0.25, 0.3) is 0 Å². The van der Waals surface area contributed by atoms with E-state index in [0.717, 1.165) is 49.2 Å². The molecule has 1 fully saturated rings. The maximum absolute atomic E-state index is 12.8. The van der Waals surface area contributed by atoms with Gasteiger partial charge in [-0.05, 0) is 95.0 Å². The molecule has 2 heterocycles. The van der Waals surface area contributed by atoms with E-state index in [1.165, 1.54) is 30.5 Å². The number of alkyl halides is 7. The van der Waals surface area contributed by atoms with Crippen molar-refractivity contribution in [3.63, 3.8) is 0 Å². The Morgan fingerprint density at radius 2 is 1.47 bits per heavy atom. The summed E-state index contributed by atoms with van der Waals surface area (Å²) in [6.45, 7) is 5.89. The summed E-state index contributed by atoms with van der Waals surface area (Å²) in [6.07, 6.45) is -5.22.